The summed E-state index contributed by atoms with van der Waals surface area (Å²) in [7, 11) is -0.361. The van der Waals surface area contributed by atoms with Crippen LogP contribution in [0, 0.1) is 0 Å². The minimum absolute atomic E-state index is 0.289. The molecule has 1 fully saturated rings. The van der Waals surface area contributed by atoms with Crippen molar-refractivity contribution in [2.45, 2.75) is 4.90 Å². The van der Waals surface area contributed by atoms with Crippen LogP contribution in [0.4, 0.5) is 5.13 Å². The molecule has 0 amide bonds. The molecule has 0 radical (unpaired) electrons. The molecule has 1 saturated heterocycles. The van der Waals surface area contributed by atoms with E-state index in [1.165, 1.54) is 18.4 Å². The first-order chi connectivity index (χ1) is 11.0. The van der Waals surface area contributed by atoms with Gasteiger partial charge < -0.3 is 10.2 Å². The summed E-state index contributed by atoms with van der Waals surface area (Å²) in [4.78, 5) is 7.22. The van der Waals surface area contributed by atoms with Crippen LogP contribution in [0.3, 0.4) is 0 Å². The van der Waals surface area contributed by atoms with E-state index >= 15 is 0 Å². The van der Waals surface area contributed by atoms with Gasteiger partial charge in [0.2, 0.25) is 10.0 Å². The van der Waals surface area contributed by atoms with Gasteiger partial charge in [-0.1, -0.05) is 12.1 Å². The van der Waals surface area contributed by atoms with E-state index < -0.39 is 10.0 Å². The molecule has 0 spiro atoms. The monoisotopic (exact) mass is 352 g/mol. The second-order valence-electron chi connectivity index (χ2n) is 5.57. The zero-order chi connectivity index (χ0) is 16.4. The van der Waals surface area contributed by atoms with Crippen LogP contribution in [-0.4, -0.2) is 58.0 Å². The first kappa shape index (κ1) is 16.4. The van der Waals surface area contributed by atoms with Crippen molar-refractivity contribution in [3.63, 3.8) is 0 Å². The van der Waals surface area contributed by atoms with Gasteiger partial charge in [0.05, 0.1) is 10.6 Å². The lowest BCUT2D eigenvalue weighted by molar-refractivity contribution is 0.521. The third-order valence-corrected chi connectivity index (χ3v) is 6.50. The molecule has 8 heteroatoms. The van der Waals surface area contributed by atoms with Gasteiger partial charge in [0, 0.05) is 51.2 Å². The minimum atomic E-state index is -3.43. The van der Waals surface area contributed by atoms with E-state index in [1.807, 2.05) is 11.4 Å². The Morgan fingerprint density at radius 2 is 2.00 bits per heavy atom. The molecule has 1 aliphatic heterocycles. The van der Waals surface area contributed by atoms with Crippen LogP contribution in [0.25, 0.3) is 11.3 Å². The number of hydrogen-bond acceptors (Lipinski definition) is 6. The number of aromatic nitrogens is 1. The predicted octanol–water partition coefficient (Wildman–Crippen LogP) is 1.47. The predicted molar refractivity (Wildman–Crippen MR) is 93.5 cm³/mol. The van der Waals surface area contributed by atoms with Crippen LogP contribution in [0.2, 0.25) is 0 Å². The van der Waals surface area contributed by atoms with Crippen LogP contribution in [0.15, 0.2) is 34.5 Å². The molecule has 1 N–H and O–H groups in total. The van der Waals surface area contributed by atoms with E-state index in [1.54, 1.807) is 29.5 Å². The normalized spacial score (nSPS) is 16.0. The van der Waals surface area contributed by atoms with Crippen molar-refractivity contribution < 1.29 is 8.42 Å². The first-order valence-corrected chi connectivity index (χ1v) is 9.74. The maximum absolute atomic E-state index is 12.3. The third kappa shape index (κ3) is 3.40. The molecule has 0 unspecified atom stereocenters. The summed E-state index contributed by atoms with van der Waals surface area (Å²) in [6.45, 7) is 3.82. The lowest BCUT2D eigenvalue weighted by atomic mass is 10.2. The summed E-state index contributed by atoms with van der Waals surface area (Å²) >= 11 is 1.60. The van der Waals surface area contributed by atoms with E-state index in [9.17, 15) is 8.42 Å². The Bertz CT molecular complexity index is 780. The van der Waals surface area contributed by atoms with Gasteiger partial charge in [-0.25, -0.2) is 17.7 Å². The molecule has 2 aromatic rings. The van der Waals surface area contributed by atoms with E-state index in [0.29, 0.717) is 0 Å². The number of rotatable bonds is 4. The molecule has 0 aliphatic carbocycles. The molecule has 124 valence electrons. The van der Waals surface area contributed by atoms with E-state index in [-0.39, 0.29) is 4.90 Å². The summed E-state index contributed by atoms with van der Waals surface area (Å²) in [5.74, 6) is 0. The Morgan fingerprint density at radius 1 is 1.26 bits per heavy atom. The van der Waals surface area contributed by atoms with Gasteiger partial charge in [-0.05, 0) is 12.1 Å². The van der Waals surface area contributed by atoms with Gasteiger partial charge in [0.1, 0.15) is 0 Å². The lowest BCUT2D eigenvalue weighted by Crippen LogP contribution is -2.43. The molecule has 2 heterocycles. The van der Waals surface area contributed by atoms with Crippen molar-refractivity contribution in [3.8, 4) is 11.3 Å². The SMILES string of the molecule is CN(C)S(=O)(=O)c1cccc(-c2csc(N3CCNCC3)n2)c1. The summed E-state index contributed by atoms with van der Waals surface area (Å²) in [6, 6.07) is 6.95. The fourth-order valence-corrected chi connectivity index (χ4v) is 4.26. The first-order valence-electron chi connectivity index (χ1n) is 7.42. The molecule has 0 atom stereocenters. The Balaban J connectivity index is 1.89. The van der Waals surface area contributed by atoms with Gasteiger partial charge in [0.15, 0.2) is 5.13 Å². The van der Waals surface area contributed by atoms with Crippen LogP contribution >= 0.6 is 11.3 Å². The topological polar surface area (TPSA) is 65.5 Å². The molecule has 3 rings (SSSR count). The molecular weight excluding hydrogens is 332 g/mol. The zero-order valence-corrected chi connectivity index (χ0v) is 14.8. The van der Waals surface area contributed by atoms with Crippen molar-refractivity contribution in [3.05, 3.63) is 29.6 Å². The Kier molecular flexibility index (Phi) is 4.67. The lowest BCUT2D eigenvalue weighted by Gasteiger charge is -2.26. The highest BCUT2D eigenvalue weighted by molar-refractivity contribution is 7.89. The molecule has 0 saturated carbocycles. The molecule has 6 nitrogen and oxygen atoms in total. The standard InChI is InChI=1S/C15H20N4O2S2/c1-18(2)23(20,21)13-5-3-4-12(10-13)14-11-22-15(17-14)19-8-6-16-7-9-19/h3-5,10-11,16H,6-9H2,1-2H3. The van der Waals surface area contributed by atoms with E-state index in [4.69, 9.17) is 0 Å². The summed E-state index contributed by atoms with van der Waals surface area (Å²) in [5, 5.41) is 6.29. The Morgan fingerprint density at radius 3 is 2.70 bits per heavy atom. The molecular formula is C15H20N4O2S2. The molecule has 1 aliphatic rings. The van der Waals surface area contributed by atoms with Gasteiger partial charge >= 0.3 is 0 Å². The number of hydrogen-bond donors (Lipinski definition) is 1. The Labute approximate surface area is 140 Å². The molecule has 1 aromatic heterocycles. The van der Waals surface area contributed by atoms with Crippen LogP contribution in [-0.2, 0) is 10.0 Å². The fraction of sp³-hybridized carbons (Fsp3) is 0.400. The maximum Gasteiger partial charge on any atom is 0.242 e. The molecule has 0 bridgehead atoms. The summed E-state index contributed by atoms with van der Waals surface area (Å²) in [5.41, 5.74) is 1.64. The highest BCUT2D eigenvalue weighted by Crippen LogP contribution is 2.29. The van der Waals surface area contributed by atoms with Gasteiger partial charge in [-0.2, -0.15) is 0 Å². The van der Waals surface area contributed by atoms with Crippen molar-refractivity contribution in [1.29, 1.82) is 0 Å². The average Bonchev–Trinajstić information content (AvgIpc) is 3.06. The van der Waals surface area contributed by atoms with Crippen LogP contribution in [0.5, 0.6) is 0 Å². The minimum Gasteiger partial charge on any atom is -0.346 e. The Hall–Kier alpha value is -1.48. The highest BCUT2D eigenvalue weighted by atomic mass is 32.2. The smallest absolute Gasteiger partial charge is 0.242 e. The fourth-order valence-electron chi connectivity index (χ4n) is 2.42. The zero-order valence-electron chi connectivity index (χ0n) is 13.2. The van der Waals surface area contributed by atoms with Crippen molar-refractivity contribution in [2.24, 2.45) is 0 Å². The van der Waals surface area contributed by atoms with Gasteiger partial charge in [0.25, 0.3) is 0 Å². The average molecular weight is 352 g/mol. The second kappa shape index (κ2) is 6.56. The van der Waals surface area contributed by atoms with Gasteiger partial charge in [-0.3, -0.25) is 0 Å². The second-order valence-corrected chi connectivity index (χ2v) is 8.56. The van der Waals surface area contributed by atoms with Crippen LogP contribution < -0.4 is 10.2 Å². The van der Waals surface area contributed by atoms with Crippen molar-refractivity contribution >= 4 is 26.5 Å². The van der Waals surface area contributed by atoms with Crippen LogP contribution in [0.1, 0.15) is 0 Å². The number of benzene rings is 1. The van der Waals surface area contributed by atoms with E-state index in [2.05, 4.69) is 15.2 Å². The number of thiazole rings is 1. The van der Waals surface area contributed by atoms with E-state index in [0.717, 1.165) is 42.6 Å². The van der Waals surface area contributed by atoms with Crippen molar-refractivity contribution in [1.82, 2.24) is 14.6 Å². The largest absolute Gasteiger partial charge is 0.346 e. The third-order valence-electron chi connectivity index (χ3n) is 3.79. The maximum atomic E-state index is 12.3. The van der Waals surface area contributed by atoms with Crippen molar-refractivity contribution in [2.75, 3.05) is 45.2 Å². The number of nitrogens with zero attached hydrogens (tertiary/aromatic N) is 3. The quantitative estimate of drug-likeness (QED) is 0.903. The number of nitrogens with one attached hydrogen (secondary N) is 1. The summed E-state index contributed by atoms with van der Waals surface area (Å²) in [6.07, 6.45) is 0. The number of piperazine rings is 1. The molecule has 1 aromatic carbocycles. The number of sulfonamides is 1. The van der Waals surface area contributed by atoms with Gasteiger partial charge in [-0.15, -0.1) is 11.3 Å². The highest BCUT2D eigenvalue weighted by Gasteiger charge is 2.19. The number of anilines is 1. The summed E-state index contributed by atoms with van der Waals surface area (Å²) < 4.78 is 25.7. The molecule has 23 heavy (non-hydrogen) atoms.